The Hall–Kier alpha value is -2.92. The number of carbonyl (C=O) groups excluding carboxylic acids is 1. The number of hydrogen-bond acceptors (Lipinski definition) is 4. The van der Waals surface area contributed by atoms with Gasteiger partial charge in [0, 0.05) is 38.2 Å². The van der Waals surface area contributed by atoms with Gasteiger partial charge in [-0.25, -0.2) is 0 Å². The summed E-state index contributed by atoms with van der Waals surface area (Å²) in [6, 6.07) is 21.9. The number of aryl methyl sites for hydroxylation is 1. The summed E-state index contributed by atoms with van der Waals surface area (Å²) >= 11 is 6.25. The number of hydrogen-bond donors (Lipinski definition) is 0. The van der Waals surface area contributed by atoms with Crippen molar-refractivity contribution in [2.24, 2.45) is 0 Å². The summed E-state index contributed by atoms with van der Waals surface area (Å²) < 4.78 is 0. The van der Waals surface area contributed by atoms with E-state index in [1.165, 1.54) is 5.56 Å². The van der Waals surface area contributed by atoms with E-state index < -0.39 is 0 Å². The lowest BCUT2D eigenvalue weighted by Crippen LogP contribution is -2.49. The minimum Gasteiger partial charge on any atom is -0.352 e. The normalized spacial score (nSPS) is 14.0. The molecule has 0 atom stereocenters. The highest BCUT2D eigenvalue weighted by molar-refractivity contribution is 6.33. The maximum absolute atomic E-state index is 12.5. The molecule has 0 radical (unpaired) electrons. The van der Waals surface area contributed by atoms with Crippen LogP contribution in [0, 0.1) is 0 Å². The van der Waals surface area contributed by atoms with Crippen molar-refractivity contribution in [3.8, 4) is 11.3 Å². The molecule has 2 heterocycles. The van der Waals surface area contributed by atoms with Crippen molar-refractivity contribution in [1.29, 1.82) is 0 Å². The predicted octanol–water partition coefficient (Wildman–Crippen LogP) is 4.47. The SMILES string of the molecule is O=C(CCCc1ccccc1)N1CCN(c2ccc(-c3ccccc3Cl)nn2)CC1. The molecular weight excluding hydrogens is 396 g/mol. The van der Waals surface area contributed by atoms with Crippen LogP contribution in [-0.4, -0.2) is 47.2 Å². The van der Waals surface area contributed by atoms with Crippen molar-refractivity contribution in [3.63, 3.8) is 0 Å². The lowest BCUT2D eigenvalue weighted by molar-refractivity contribution is -0.131. The average Bonchev–Trinajstić information content (AvgIpc) is 2.80. The molecule has 1 aliphatic rings. The minimum absolute atomic E-state index is 0.241. The summed E-state index contributed by atoms with van der Waals surface area (Å²) in [7, 11) is 0. The fraction of sp³-hybridized carbons (Fsp3) is 0.292. The Labute approximate surface area is 182 Å². The Morgan fingerprint density at radius 3 is 2.30 bits per heavy atom. The average molecular weight is 421 g/mol. The third kappa shape index (κ3) is 4.97. The molecule has 2 aromatic carbocycles. The molecule has 1 saturated heterocycles. The number of anilines is 1. The Kier molecular flexibility index (Phi) is 6.60. The number of piperazine rings is 1. The van der Waals surface area contributed by atoms with Crippen LogP contribution in [0.15, 0.2) is 66.7 Å². The van der Waals surface area contributed by atoms with Crippen LogP contribution < -0.4 is 4.90 Å². The molecule has 0 saturated carbocycles. The van der Waals surface area contributed by atoms with Crippen LogP contribution in [0.4, 0.5) is 5.82 Å². The number of carbonyl (C=O) groups is 1. The first-order valence-electron chi connectivity index (χ1n) is 10.4. The van der Waals surface area contributed by atoms with E-state index in [-0.39, 0.29) is 5.91 Å². The van der Waals surface area contributed by atoms with Crippen LogP contribution in [0.1, 0.15) is 18.4 Å². The van der Waals surface area contributed by atoms with Gasteiger partial charge in [-0.1, -0.05) is 60.1 Å². The topological polar surface area (TPSA) is 49.3 Å². The van der Waals surface area contributed by atoms with E-state index in [0.717, 1.165) is 56.1 Å². The molecule has 0 N–H and O–H groups in total. The van der Waals surface area contributed by atoms with E-state index in [4.69, 9.17) is 11.6 Å². The van der Waals surface area contributed by atoms with Crippen LogP contribution in [0.25, 0.3) is 11.3 Å². The Balaban J connectivity index is 1.27. The van der Waals surface area contributed by atoms with E-state index in [2.05, 4.69) is 27.2 Å². The lowest BCUT2D eigenvalue weighted by atomic mass is 10.1. The smallest absolute Gasteiger partial charge is 0.222 e. The van der Waals surface area contributed by atoms with Crippen LogP contribution in [-0.2, 0) is 11.2 Å². The zero-order valence-corrected chi connectivity index (χ0v) is 17.6. The second-order valence-electron chi connectivity index (χ2n) is 7.46. The molecule has 0 aliphatic carbocycles. The van der Waals surface area contributed by atoms with Gasteiger partial charge in [0.25, 0.3) is 0 Å². The van der Waals surface area contributed by atoms with Gasteiger partial charge < -0.3 is 9.80 Å². The molecule has 4 rings (SSSR count). The highest BCUT2D eigenvalue weighted by atomic mass is 35.5. The van der Waals surface area contributed by atoms with Gasteiger partial charge >= 0.3 is 0 Å². The molecule has 1 amide bonds. The van der Waals surface area contributed by atoms with E-state index in [0.29, 0.717) is 11.4 Å². The van der Waals surface area contributed by atoms with Gasteiger partial charge in [0.2, 0.25) is 5.91 Å². The molecule has 0 spiro atoms. The first-order valence-corrected chi connectivity index (χ1v) is 10.7. The summed E-state index contributed by atoms with van der Waals surface area (Å²) in [5.41, 5.74) is 2.93. The van der Waals surface area contributed by atoms with Crippen molar-refractivity contribution in [2.75, 3.05) is 31.1 Å². The summed E-state index contributed by atoms with van der Waals surface area (Å²) in [6.45, 7) is 2.98. The molecule has 1 aliphatic heterocycles. The van der Waals surface area contributed by atoms with Gasteiger partial charge in [-0.05, 0) is 36.6 Å². The number of aromatic nitrogens is 2. The Bertz CT molecular complexity index is 970. The number of halogens is 1. The van der Waals surface area contributed by atoms with Gasteiger partial charge in [0.15, 0.2) is 5.82 Å². The van der Waals surface area contributed by atoms with Gasteiger partial charge in [-0.2, -0.15) is 0 Å². The minimum atomic E-state index is 0.241. The Morgan fingerprint density at radius 2 is 1.60 bits per heavy atom. The maximum Gasteiger partial charge on any atom is 0.222 e. The van der Waals surface area contributed by atoms with Crippen molar-refractivity contribution in [3.05, 3.63) is 77.3 Å². The Morgan fingerprint density at radius 1 is 0.867 bits per heavy atom. The van der Waals surface area contributed by atoms with Gasteiger partial charge in [0.1, 0.15) is 0 Å². The summed E-state index contributed by atoms with van der Waals surface area (Å²) in [6.07, 6.45) is 2.43. The monoisotopic (exact) mass is 420 g/mol. The molecule has 30 heavy (non-hydrogen) atoms. The number of amides is 1. The zero-order chi connectivity index (χ0) is 20.8. The van der Waals surface area contributed by atoms with Gasteiger partial charge in [-0.15, -0.1) is 10.2 Å². The lowest BCUT2D eigenvalue weighted by Gasteiger charge is -2.35. The van der Waals surface area contributed by atoms with Crippen LogP contribution >= 0.6 is 11.6 Å². The zero-order valence-electron chi connectivity index (χ0n) is 16.9. The van der Waals surface area contributed by atoms with Crippen molar-refractivity contribution >= 4 is 23.3 Å². The van der Waals surface area contributed by atoms with E-state index in [1.807, 2.05) is 59.5 Å². The third-order valence-corrected chi connectivity index (χ3v) is 5.79. The largest absolute Gasteiger partial charge is 0.352 e. The van der Waals surface area contributed by atoms with Gasteiger partial charge in [-0.3, -0.25) is 4.79 Å². The molecule has 154 valence electrons. The standard InChI is InChI=1S/C24H25ClN4O/c25-21-11-5-4-10-20(21)22-13-14-23(27-26-22)28-15-17-29(18-16-28)24(30)12-6-9-19-7-2-1-3-8-19/h1-5,7-8,10-11,13-14H,6,9,12,15-18H2. The van der Waals surface area contributed by atoms with Crippen molar-refractivity contribution in [2.45, 2.75) is 19.3 Å². The van der Waals surface area contributed by atoms with Gasteiger partial charge in [0.05, 0.1) is 10.7 Å². The second kappa shape index (κ2) is 9.72. The number of rotatable bonds is 6. The second-order valence-corrected chi connectivity index (χ2v) is 7.87. The quantitative estimate of drug-likeness (QED) is 0.590. The number of benzene rings is 2. The highest BCUT2D eigenvalue weighted by Gasteiger charge is 2.22. The highest BCUT2D eigenvalue weighted by Crippen LogP contribution is 2.26. The fourth-order valence-corrected chi connectivity index (χ4v) is 3.97. The molecule has 0 unspecified atom stereocenters. The molecular formula is C24H25ClN4O. The predicted molar refractivity (Wildman–Crippen MR) is 121 cm³/mol. The molecule has 1 fully saturated rings. The molecule has 5 nitrogen and oxygen atoms in total. The molecule has 6 heteroatoms. The summed E-state index contributed by atoms with van der Waals surface area (Å²) in [4.78, 5) is 16.7. The van der Waals surface area contributed by atoms with Crippen LogP contribution in [0.3, 0.4) is 0 Å². The van der Waals surface area contributed by atoms with E-state index >= 15 is 0 Å². The van der Waals surface area contributed by atoms with Crippen molar-refractivity contribution < 1.29 is 4.79 Å². The summed E-state index contributed by atoms with van der Waals surface area (Å²) in [5, 5.41) is 9.40. The summed E-state index contributed by atoms with van der Waals surface area (Å²) in [5.74, 6) is 1.08. The molecule has 3 aromatic rings. The van der Waals surface area contributed by atoms with Crippen LogP contribution in [0.2, 0.25) is 5.02 Å². The van der Waals surface area contributed by atoms with Crippen LogP contribution in [0.5, 0.6) is 0 Å². The fourth-order valence-electron chi connectivity index (χ4n) is 3.74. The first kappa shape index (κ1) is 20.4. The molecule has 0 bridgehead atoms. The van der Waals surface area contributed by atoms with E-state index in [9.17, 15) is 4.79 Å². The number of nitrogens with zero attached hydrogens (tertiary/aromatic N) is 4. The first-order chi connectivity index (χ1) is 14.7. The van der Waals surface area contributed by atoms with E-state index in [1.54, 1.807) is 0 Å². The maximum atomic E-state index is 12.5. The third-order valence-electron chi connectivity index (χ3n) is 5.46. The van der Waals surface area contributed by atoms with Crippen molar-refractivity contribution in [1.82, 2.24) is 15.1 Å². The molecule has 1 aromatic heterocycles.